The summed E-state index contributed by atoms with van der Waals surface area (Å²) in [6, 6.07) is 1.62. The van der Waals surface area contributed by atoms with Gasteiger partial charge in [-0.25, -0.2) is 31.1 Å². The molecule has 2 aromatic rings. The number of hydrogen-bond acceptors (Lipinski definition) is 9. The molecule has 2 N–H and O–H groups in total. The molecule has 2 fully saturated rings. The number of carbonyl (C=O) groups excluding carboxylic acids is 1. The zero-order chi connectivity index (χ0) is 27.5. The average Bonchev–Trinajstić information content (AvgIpc) is 2.89. The number of aromatic nitrogens is 3. The van der Waals surface area contributed by atoms with Crippen molar-refractivity contribution < 1.29 is 21.6 Å². The highest BCUT2D eigenvalue weighted by atomic mass is 35.5. The van der Waals surface area contributed by atoms with Crippen LogP contribution in [0.25, 0.3) is 11.3 Å². The molecule has 2 aliphatic heterocycles. The van der Waals surface area contributed by atoms with E-state index in [1.54, 1.807) is 32.3 Å². The van der Waals surface area contributed by atoms with Gasteiger partial charge in [-0.15, -0.1) is 0 Å². The van der Waals surface area contributed by atoms with Crippen molar-refractivity contribution in [3.8, 4) is 11.3 Å². The lowest BCUT2D eigenvalue weighted by Gasteiger charge is -2.32. The van der Waals surface area contributed by atoms with Gasteiger partial charge >= 0.3 is 0 Å². The average molecular weight is 585 g/mol. The predicted molar refractivity (Wildman–Crippen MR) is 147 cm³/mol. The molecule has 2 saturated heterocycles. The van der Waals surface area contributed by atoms with Crippen LogP contribution in [0.4, 0.5) is 11.6 Å². The van der Waals surface area contributed by atoms with Crippen molar-refractivity contribution in [2.45, 2.75) is 44.8 Å². The molecule has 2 aromatic heterocycles. The fourth-order valence-corrected chi connectivity index (χ4v) is 7.75. The summed E-state index contributed by atoms with van der Waals surface area (Å²) in [4.78, 5) is 26.0. The van der Waals surface area contributed by atoms with E-state index < -0.39 is 31.0 Å². The number of halogens is 1. The maximum absolute atomic E-state index is 13.0. The lowest BCUT2D eigenvalue weighted by molar-refractivity contribution is -0.120. The number of piperidine rings is 1. The van der Waals surface area contributed by atoms with Crippen molar-refractivity contribution in [2.24, 2.45) is 11.8 Å². The minimum Gasteiger partial charge on any atom is -0.368 e. The maximum Gasteiger partial charge on any atom is 0.229 e. The Labute approximate surface area is 228 Å². The second-order valence-electron chi connectivity index (χ2n) is 10.1. The third-order valence-electron chi connectivity index (χ3n) is 6.97. The third-order valence-corrected chi connectivity index (χ3v) is 11.2. The standard InChI is InChI=1S/C24H33ClN6O5S2/c1-16(2)38(35,36)31-7-3-4-18(15-31)24(32)30-22-10-19(20(25)12-28-22)21-13-26-14-23(29-21)27-11-17-5-8-37(33,34)9-6-17/h10,12-14,16-18H,3-9,11,15H2,1-2H3,(H,27,29)(H,28,30,32). The van der Waals surface area contributed by atoms with Crippen LogP contribution in [0.5, 0.6) is 0 Å². The second-order valence-corrected chi connectivity index (χ2v) is 15.3. The van der Waals surface area contributed by atoms with Gasteiger partial charge in [0.05, 0.1) is 45.8 Å². The van der Waals surface area contributed by atoms with Gasteiger partial charge in [0.1, 0.15) is 21.5 Å². The summed E-state index contributed by atoms with van der Waals surface area (Å²) >= 11 is 6.40. The lowest BCUT2D eigenvalue weighted by Crippen LogP contribution is -2.46. The second kappa shape index (κ2) is 11.8. The number of nitrogens with one attached hydrogen (secondary N) is 2. The van der Waals surface area contributed by atoms with E-state index in [1.165, 1.54) is 10.5 Å². The molecule has 0 spiro atoms. The third kappa shape index (κ3) is 6.99. The molecule has 0 saturated carbocycles. The molecule has 0 radical (unpaired) electrons. The number of pyridine rings is 1. The molecule has 38 heavy (non-hydrogen) atoms. The van der Waals surface area contributed by atoms with Crippen molar-refractivity contribution >= 4 is 49.0 Å². The molecule has 1 amide bonds. The molecule has 11 nitrogen and oxygen atoms in total. The number of sulfone groups is 1. The summed E-state index contributed by atoms with van der Waals surface area (Å²) < 4.78 is 49.8. The molecule has 208 valence electrons. The lowest BCUT2D eigenvalue weighted by atomic mass is 9.99. The summed E-state index contributed by atoms with van der Waals surface area (Å²) in [5.74, 6) is 0.675. The number of nitrogens with zero attached hydrogens (tertiary/aromatic N) is 4. The van der Waals surface area contributed by atoms with Gasteiger partial charge in [0.2, 0.25) is 15.9 Å². The molecule has 14 heteroatoms. The van der Waals surface area contributed by atoms with Gasteiger partial charge in [0, 0.05) is 31.4 Å². The SMILES string of the molecule is CC(C)S(=O)(=O)N1CCCC(C(=O)Nc2cc(-c3cncc(NCC4CCS(=O)(=O)CC4)n3)c(Cl)cn2)C1. The smallest absolute Gasteiger partial charge is 0.229 e. The van der Waals surface area contributed by atoms with Crippen LogP contribution in [0.3, 0.4) is 0 Å². The number of sulfonamides is 1. The zero-order valence-electron chi connectivity index (χ0n) is 21.4. The van der Waals surface area contributed by atoms with Gasteiger partial charge in [-0.1, -0.05) is 11.6 Å². The molecule has 1 unspecified atom stereocenters. The van der Waals surface area contributed by atoms with E-state index in [0.29, 0.717) is 60.9 Å². The summed E-state index contributed by atoms with van der Waals surface area (Å²) in [6.07, 6.45) is 6.99. The highest BCUT2D eigenvalue weighted by Gasteiger charge is 2.34. The summed E-state index contributed by atoms with van der Waals surface area (Å²) in [7, 11) is -6.35. The van der Waals surface area contributed by atoms with Crippen LogP contribution in [0, 0.1) is 11.8 Å². The fraction of sp³-hybridized carbons (Fsp3) is 0.583. The molecule has 0 aromatic carbocycles. The fourth-order valence-electron chi connectivity index (χ4n) is 4.59. The van der Waals surface area contributed by atoms with E-state index >= 15 is 0 Å². The Kier molecular flexibility index (Phi) is 8.90. The monoisotopic (exact) mass is 584 g/mol. The van der Waals surface area contributed by atoms with E-state index in [9.17, 15) is 21.6 Å². The van der Waals surface area contributed by atoms with Crippen molar-refractivity contribution in [3.63, 3.8) is 0 Å². The number of anilines is 2. The Morgan fingerprint density at radius 3 is 2.61 bits per heavy atom. The first-order valence-corrected chi connectivity index (χ1v) is 16.4. The van der Waals surface area contributed by atoms with Crippen molar-refractivity contribution in [3.05, 3.63) is 29.7 Å². The maximum atomic E-state index is 13.0. The number of rotatable bonds is 8. The topological polar surface area (TPSA) is 151 Å². The molecule has 4 rings (SSSR count). The Morgan fingerprint density at radius 1 is 1.16 bits per heavy atom. The minimum atomic E-state index is -3.44. The molecular weight excluding hydrogens is 552 g/mol. The van der Waals surface area contributed by atoms with Crippen LogP contribution in [0.2, 0.25) is 5.02 Å². The molecule has 2 aliphatic rings. The van der Waals surface area contributed by atoms with E-state index in [0.717, 1.165) is 0 Å². The van der Waals surface area contributed by atoms with Gasteiger partial charge in [0.15, 0.2) is 0 Å². The number of hydrogen-bond donors (Lipinski definition) is 2. The van der Waals surface area contributed by atoms with Gasteiger partial charge < -0.3 is 10.6 Å². The molecule has 0 bridgehead atoms. The number of carbonyl (C=O) groups is 1. The van der Waals surface area contributed by atoms with E-state index in [2.05, 4.69) is 25.6 Å². The van der Waals surface area contributed by atoms with Gasteiger partial charge in [0.25, 0.3) is 0 Å². The van der Waals surface area contributed by atoms with Gasteiger partial charge in [-0.2, -0.15) is 0 Å². The van der Waals surface area contributed by atoms with Crippen LogP contribution >= 0.6 is 11.6 Å². The van der Waals surface area contributed by atoms with Crippen LogP contribution in [0.15, 0.2) is 24.7 Å². The van der Waals surface area contributed by atoms with Gasteiger partial charge in [-0.3, -0.25) is 9.78 Å². The Bertz CT molecular complexity index is 1370. The van der Waals surface area contributed by atoms with E-state index in [4.69, 9.17) is 11.6 Å². The predicted octanol–water partition coefficient (Wildman–Crippen LogP) is 2.82. The van der Waals surface area contributed by atoms with Crippen molar-refractivity contribution in [1.82, 2.24) is 19.3 Å². The quantitative estimate of drug-likeness (QED) is 0.477. The molecule has 0 aliphatic carbocycles. The Hall–Kier alpha value is -2.35. The first kappa shape index (κ1) is 28.7. The normalized spacial score (nSPS) is 20.8. The first-order chi connectivity index (χ1) is 17.9. The van der Waals surface area contributed by atoms with E-state index in [-0.39, 0.29) is 35.7 Å². The number of amides is 1. The molecule has 1 atom stereocenters. The van der Waals surface area contributed by atoms with Crippen LogP contribution < -0.4 is 10.6 Å². The van der Waals surface area contributed by atoms with E-state index in [1.807, 2.05) is 0 Å². The minimum absolute atomic E-state index is 0.138. The zero-order valence-corrected chi connectivity index (χ0v) is 23.8. The van der Waals surface area contributed by atoms with Crippen molar-refractivity contribution in [1.29, 1.82) is 0 Å². The Morgan fingerprint density at radius 2 is 1.89 bits per heavy atom. The highest BCUT2D eigenvalue weighted by molar-refractivity contribution is 7.91. The van der Waals surface area contributed by atoms with Crippen LogP contribution in [-0.4, -0.2) is 78.4 Å². The largest absolute Gasteiger partial charge is 0.368 e. The van der Waals surface area contributed by atoms with Crippen LogP contribution in [-0.2, 0) is 24.7 Å². The molecular formula is C24H33ClN6O5S2. The first-order valence-electron chi connectivity index (χ1n) is 12.7. The van der Waals surface area contributed by atoms with Crippen LogP contribution in [0.1, 0.15) is 39.5 Å². The highest BCUT2D eigenvalue weighted by Crippen LogP contribution is 2.29. The van der Waals surface area contributed by atoms with Crippen molar-refractivity contribution in [2.75, 3.05) is 41.8 Å². The molecule has 4 heterocycles. The summed E-state index contributed by atoms with van der Waals surface area (Å²) in [5, 5.41) is 5.82. The summed E-state index contributed by atoms with van der Waals surface area (Å²) in [5.41, 5.74) is 1.01. The summed E-state index contributed by atoms with van der Waals surface area (Å²) in [6.45, 7) is 4.40. The van der Waals surface area contributed by atoms with Gasteiger partial charge in [-0.05, 0) is 51.5 Å². The Balaban J connectivity index is 1.42.